The van der Waals surface area contributed by atoms with Gasteiger partial charge < -0.3 is 20.4 Å². The van der Waals surface area contributed by atoms with Gasteiger partial charge in [-0.15, -0.1) is 0 Å². The molecule has 0 radical (unpaired) electrons. The summed E-state index contributed by atoms with van der Waals surface area (Å²) in [7, 11) is 0. The zero-order chi connectivity index (χ0) is 15.1. The molecular weight excluding hydrogens is 272 g/mol. The van der Waals surface area contributed by atoms with Crippen molar-refractivity contribution in [3.63, 3.8) is 0 Å². The summed E-state index contributed by atoms with van der Waals surface area (Å²) >= 11 is 0. The molecule has 1 aliphatic carbocycles. The number of rotatable bonds is 0. The second-order valence-electron chi connectivity index (χ2n) is 5.15. The minimum atomic E-state index is -0.584. The third-order valence-corrected chi connectivity index (χ3v) is 3.81. The van der Waals surface area contributed by atoms with Crippen molar-refractivity contribution in [2.75, 3.05) is 0 Å². The molecule has 108 valence electrons. The summed E-state index contributed by atoms with van der Waals surface area (Å²) in [5.74, 6) is -1.74. The molecule has 0 aliphatic heterocycles. The van der Waals surface area contributed by atoms with Crippen molar-refractivity contribution in [2.24, 2.45) is 0 Å². The molecule has 0 aromatic heterocycles. The molecule has 4 N–H and O–H groups in total. The minimum Gasteiger partial charge on any atom is -0.504 e. The molecule has 0 unspecified atom stereocenters. The number of aromatic hydroxyl groups is 4. The van der Waals surface area contributed by atoms with Crippen molar-refractivity contribution in [3.05, 3.63) is 45.6 Å². The first-order valence-electron chi connectivity index (χ1n) is 6.62. The van der Waals surface area contributed by atoms with Crippen LogP contribution in [0.2, 0.25) is 0 Å². The van der Waals surface area contributed by atoms with Gasteiger partial charge in [0.2, 0.25) is 11.2 Å². The van der Waals surface area contributed by atoms with E-state index in [9.17, 15) is 25.2 Å². The third kappa shape index (κ3) is 2.07. The molecule has 5 heteroatoms. The van der Waals surface area contributed by atoms with Crippen molar-refractivity contribution in [1.82, 2.24) is 0 Å². The van der Waals surface area contributed by atoms with Gasteiger partial charge in [0.1, 0.15) is 0 Å². The van der Waals surface area contributed by atoms with E-state index in [1.807, 2.05) is 0 Å². The first-order chi connectivity index (χ1) is 9.99. The van der Waals surface area contributed by atoms with Gasteiger partial charge in [-0.25, -0.2) is 0 Å². The Kier molecular flexibility index (Phi) is 2.97. The van der Waals surface area contributed by atoms with Crippen LogP contribution >= 0.6 is 0 Å². The summed E-state index contributed by atoms with van der Waals surface area (Å²) in [6.07, 6.45) is 1.94. The van der Waals surface area contributed by atoms with Crippen molar-refractivity contribution >= 4 is 0 Å². The highest BCUT2D eigenvalue weighted by Gasteiger charge is 2.22. The van der Waals surface area contributed by atoms with Crippen molar-refractivity contribution < 1.29 is 20.4 Å². The number of phenols is 3. The van der Waals surface area contributed by atoms with E-state index in [4.69, 9.17) is 0 Å². The Labute approximate surface area is 120 Å². The van der Waals surface area contributed by atoms with Crippen LogP contribution in [-0.2, 0) is 12.8 Å². The van der Waals surface area contributed by atoms with E-state index in [1.165, 1.54) is 18.2 Å². The predicted octanol–water partition coefficient (Wildman–Crippen LogP) is 2.02. The van der Waals surface area contributed by atoms with Gasteiger partial charge in [-0.2, -0.15) is 0 Å². The van der Waals surface area contributed by atoms with Crippen molar-refractivity contribution in [1.29, 1.82) is 0 Å². The Bertz CT molecular complexity index is 796. The quantitative estimate of drug-likeness (QED) is 0.555. The molecule has 0 saturated heterocycles. The van der Waals surface area contributed by atoms with Gasteiger partial charge in [-0.3, -0.25) is 4.79 Å². The average Bonchev–Trinajstić information content (AvgIpc) is 2.69. The Hall–Kier alpha value is -2.69. The maximum Gasteiger partial charge on any atom is 0.220 e. The van der Waals surface area contributed by atoms with Crippen LogP contribution in [0.15, 0.2) is 29.1 Å². The van der Waals surface area contributed by atoms with E-state index in [2.05, 4.69) is 0 Å². The SMILES string of the molecule is O=c1cc2c(ccc1O)-c1c(cc(O)c(O)c1O)CCC2. The van der Waals surface area contributed by atoms with Gasteiger partial charge in [-0.1, -0.05) is 6.07 Å². The fourth-order valence-corrected chi connectivity index (χ4v) is 2.78. The first kappa shape index (κ1) is 13.3. The van der Waals surface area contributed by atoms with Gasteiger partial charge >= 0.3 is 0 Å². The lowest BCUT2D eigenvalue weighted by atomic mass is 9.96. The molecule has 0 saturated carbocycles. The molecule has 3 rings (SSSR count). The molecule has 2 aromatic carbocycles. The zero-order valence-electron chi connectivity index (χ0n) is 11.1. The van der Waals surface area contributed by atoms with Gasteiger partial charge in [0.15, 0.2) is 17.2 Å². The summed E-state index contributed by atoms with van der Waals surface area (Å²) < 4.78 is 0. The van der Waals surface area contributed by atoms with Gasteiger partial charge in [0.05, 0.1) is 0 Å². The van der Waals surface area contributed by atoms with Gasteiger partial charge in [0, 0.05) is 5.56 Å². The molecule has 0 spiro atoms. The van der Waals surface area contributed by atoms with E-state index < -0.39 is 16.9 Å². The molecule has 0 heterocycles. The zero-order valence-corrected chi connectivity index (χ0v) is 11.1. The topological polar surface area (TPSA) is 98.0 Å². The van der Waals surface area contributed by atoms with Gasteiger partial charge in [-0.05, 0) is 54.2 Å². The van der Waals surface area contributed by atoms with Crippen LogP contribution in [0.25, 0.3) is 11.1 Å². The number of hydrogen-bond donors (Lipinski definition) is 4. The van der Waals surface area contributed by atoms with Crippen molar-refractivity contribution in [2.45, 2.75) is 19.3 Å². The second kappa shape index (κ2) is 4.70. The fraction of sp³-hybridized carbons (Fsp3) is 0.188. The fourth-order valence-electron chi connectivity index (χ4n) is 2.78. The lowest BCUT2D eigenvalue weighted by Crippen LogP contribution is -1.96. The van der Waals surface area contributed by atoms with E-state index >= 15 is 0 Å². The van der Waals surface area contributed by atoms with E-state index in [0.29, 0.717) is 35.1 Å². The number of fused-ring (bicyclic) bond motifs is 3. The number of benzene rings is 1. The van der Waals surface area contributed by atoms with Crippen LogP contribution in [0.5, 0.6) is 23.0 Å². The van der Waals surface area contributed by atoms with E-state index in [0.717, 1.165) is 6.42 Å². The molecule has 0 bridgehead atoms. The Balaban J connectivity index is 2.42. The molecule has 5 nitrogen and oxygen atoms in total. The van der Waals surface area contributed by atoms with Gasteiger partial charge in [0.25, 0.3) is 0 Å². The maximum atomic E-state index is 11.7. The maximum absolute atomic E-state index is 11.7. The van der Waals surface area contributed by atoms with Crippen molar-refractivity contribution in [3.8, 4) is 34.1 Å². The number of phenolic OH excluding ortho intramolecular Hbond substituents is 3. The van der Waals surface area contributed by atoms with Crippen LogP contribution < -0.4 is 5.43 Å². The molecule has 0 fully saturated rings. The Morgan fingerprint density at radius 1 is 0.810 bits per heavy atom. The van der Waals surface area contributed by atoms with Crippen LogP contribution in [0.4, 0.5) is 0 Å². The second-order valence-corrected chi connectivity index (χ2v) is 5.15. The van der Waals surface area contributed by atoms with E-state index in [1.54, 1.807) is 6.07 Å². The highest BCUT2D eigenvalue weighted by Crippen LogP contribution is 2.47. The molecular formula is C16H14O5. The predicted molar refractivity (Wildman–Crippen MR) is 76.8 cm³/mol. The summed E-state index contributed by atoms with van der Waals surface area (Å²) in [6, 6.07) is 5.60. The highest BCUT2D eigenvalue weighted by molar-refractivity contribution is 5.81. The molecule has 1 aliphatic rings. The Morgan fingerprint density at radius 2 is 1.52 bits per heavy atom. The monoisotopic (exact) mass is 286 g/mol. The minimum absolute atomic E-state index is 0.368. The van der Waals surface area contributed by atoms with Crippen LogP contribution in [0.1, 0.15) is 17.5 Å². The summed E-state index contributed by atoms with van der Waals surface area (Å²) in [6.45, 7) is 0. The summed E-state index contributed by atoms with van der Waals surface area (Å²) in [5, 5.41) is 39.1. The highest BCUT2D eigenvalue weighted by atomic mass is 16.3. The molecule has 2 aromatic rings. The largest absolute Gasteiger partial charge is 0.504 e. The smallest absolute Gasteiger partial charge is 0.220 e. The van der Waals surface area contributed by atoms with Crippen LogP contribution in [-0.4, -0.2) is 20.4 Å². The van der Waals surface area contributed by atoms with Crippen LogP contribution in [0.3, 0.4) is 0 Å². The Morgan fingerprint density at radius 3 is 2.29 bits per heavy atom. The summed E-state index contributed by atoms with van der Waals surface area (Å²) in [5.41, 5.74) is 1.88. The summed E-state index contributed by atoms with van der Waals surface area (Å²) in [4.78, 5) is 11.7. The molecule has 0 amide bonds. The number of aryl methyl sites for hydroxylation is 2. The number of hydrogen-bond acceptors (Lipinski definition) is 5. The lowest BCUT2D eigenvalue weighted by Gasteiger charge is -2.12. The van der Waals surface area contributed by atoms with E-state index in [-0.39, 0.29) is 11.5 Å². The lowest BCUT2D eigenvalue weighted by molar-refractivity contribution is 0.368. The van der Waals surface area contributed by atoms with Crippen LogP contribution in [0, 0.1) is 0 Å². The average molecular weight is 286 g/mol. The molecule has 0 atom stereocenters. The normalized spacial score (nSPS) is 13.1. The standard InChI is InChI=1S/C16H14O5/c17-11-5-4-10-8(6-12(11)18)2-1-3-9-7-13(19)15(20)16(21)14(9)10/h4-7,19-21H,1-3H2,(H,17,18). The molecule has 21 heavy (non-hydrogen) atoms. The first-order valence-corrected chi connectivity index (χ1v) is 6.62. The third-order valence-electron chi connectivity index (χ3n) is 3.81.